The molecule has 2 N–H and O–H groups in total. The van der Waals surface area contributed by atoms with Crippen LogP contribution in [-0.2, 0) is 0 Å². The first-order valence-electron chi connectivity index (χ1n) is 7.50. The van der Waals surface area contributed by atoms with E-state index in [0.29, 0.717) is 12.5 Å². The third-order valence-corrected chi connectivity index (χ3v) is 3.74. The van der Waals surface area contributed by atoms with Gasteiger partial charge in [0.05, 0.1) is 11.8 Å². The summed E-state index contributed by atoms with van der Waals surface area (Å²) in [6, 6.07) is 14.2. The van der Waals surface area contributed by atoms with Crippen molar-refractivity contribution in [1.29, 1.82) is 0 Å². The van der Waals surface area contributed by atoms with Gasteiger partial charge in [0.1, 0.15) is 0 Å². The predicted octanol–water partition coefficient (Wildman–Crippen LogP) is 3.59. The van der Waals surface area contributed by atoms with Gasteiger partial charge in [-0.1, -0.05) is 44.2 Å². The lowest BCUT2D eigenvalue weighted by Gasteiger charge is -2.17. The second-order valence-corrected chi connectivity index (χ2v) is 5.72. The standard InChI is InChI=1S/C18H24N2O/c1-13(2)15-7-9-16(10-8-15)18(21)12-20-14(3)17-6-4-5-11-19-17/h4-11,13-14,18,20-21H,12H2,1-3H3/t14-,18?/m1/s1. The van der Waals surface area contributed by atoms with Crippen LogP contribution in [0.4, 0.5) is 0 Å². The molecule has 0 fully saturated rings. The second kappa shape index (κ2) is 7.34. The molecule has 3 nitrogen and oxygen atoms in total. The number of benzene rings is 1. The summed E-state index contributed by atoms with van der Waals surface area (Å²) in [4.78, 5) is 4.32. The first-order valence-corrected chi connectivity index (χ1v) is 7.50. The highest BCUT2D eigenvalue weighted by Gasteiger charge is 2.11. The molecule has 0 aliphatic rings. The van der Waals surface area contributed by atoms with Crippen LogP contribution in [0.2, 0.25) is 0 Å². The van der Waals surface area contributed by atoms with Crippen molar-refractivity contribution in [3.8, 4) is 0 Å². The Balaban J connectivity index is 1.91. The van der Waals surface area contributed by atoms with Crippen molar-refractivity contribution < 1.29 is 5.11 Å². The van der Waals surface area contributed by atoms with E-state index < -0.39 is 6.10 Å². The number of aliphatic hydroxyl groups is 1. The number of hydrogen-bond acceptors (Lipinski definition) is 3. The van der Waals surface area contributed by atoms with E-state index >= 15 is 0 Å². The Morgan fingerprint density at radius 2 is 1.67 bits per heavy atom. The van der Waals surface area contributed by atoms with Crippen LogP contribution in [0.15, 0.2) is 48.7 Å². The minimum absolute atomic E-state index is 0.121. The normalized spacial score (nSPS) is 14.1. The molecule has 21 heavy (non-hydrogen) atoms. The molecular weight excluding hydrogens is 260 g/mol. The summed E-state index contributed by atoms with van der Waals surface area (Å²) in [7, 11) is 0. The van der Waals surface area contributed by atoms with Crippen molar-refractivity contribution in [2.45, 2.75) is 38.8 Å². The summed E-state index contributed by atoms with van der Waals surface area (Å²) in [6.07, 6.45) is 1.28. The third kappa shape index (κ3) is 4.38. The van der Waals surface area contributed by atoms with Crippen LogP contribution in [-0.4, -0.2) is 16.6 Å². The van der Waals surface area contributed by atoms with Gasteiger partial charge < -0.3 is 10.4 Å². The van der Waals surface area contributed by atoms with Crippen LogP contribution in [0.5, 0.6) is 0 Å². The van der Waals surface area contributed by atoms with Gasteiger partial charge in [0.15, 0.2) is 0 Å². The van der Waals surface area contributed by atoms with Crippen molar-refractivity contribution in [3.63, 3.8) is 0 Å². The number of aliphatic hydroxyl groups excluding tert-OH is 1. The van der Waals surface area contributed by atoms with Gasteiger partial charge in [-0.25, -0.2) is 0 Å². The molecule has 0 aliphatic heterocycles. The van der Waals surface area contributed by atoms with Crippen molar-refractivity contribution >= 4 is 0 Å². The summed E-state index contributed by atoms with van der Waals surface area (Å²) >= 11 is 0. The van der Waals surface area contributed by atoms with E-state index in [1.165, 1.54) is 5.56 Å². The molecule has 1 aromatic carbocycles. The molecule has 0 saturated heterocycles. The molecule has 0 amide bonds. The molecule has 2 aromatic rings. The lowest BCUT2D eigenvalue weighted by atomic mass is 10.00. The number of pyridine rings is 1. The molecule has 1 heterocycles. The molecule has 1 aromatic heterocycles. The maximum atomic E-state index is 10.3. The zero-order chi connectivity index (χ0) is 15.2. The molecule has 112 valence electrons. The molecule has 0 bridgehead atoms. The molecule has 2 atom stereocenters. The molecular formula is C18H24N2O. The SMILES string of the molecule is CC(C)c1ccc(C(O)CN[C@H](C)c2ccccn2)cc1. The molecule has 0 saturated carbocycles. The largest absolute Gasteiger partial charge is 0.387 e. The van der Waals surface area contributed by atoms with Crippen molar-refractivity contribution in [2.24, 2.45) is 0 Å². The van der Waals surface area contributed by atoms with E-state index in [0.717, 1.165) is 11.3 Å². The first kappa shape index (κ1) is 15.7. The molecule has 0 radical (unpaired) electrons. The Kier molecular flexibility index (Phi) is 5.48. The van der Waals surface area contributed by atoms with Gasteiger partial charge in [0, 0.05) is 18.8 Å². The summed E-state index contributed by atoms with van der Waals surface area (Å²) in [5.74, 6) is 0.512. The summed E-state index contributed by atoms with van der Waals surface area (Å²) in [5.41, 5.74) is 3.22. The van der Waals surface area contributed by atoms with Crippen LogP contribution in [0.25, 0.3) is 0 Å². The highest BCUT2D eigenvalue weighted by molar-refractivity contribution is 5.26. The fourth-order valence-corrected chi connectivity index (χ4v) is 2.25. The lowest BCUT2D eigenvalue weighted by molar-refractivity contribution is 0.170. The number of aromatic nitrogens is 1. The number of nitrogens with zero attached hydrogens (tertiary/aromatic N) is 1. The van der Waals surface area contributed by atoms with E-state index in [-0.39, 0.29) is 6.04 Å². The van der Waals surface area contributed by atoms with Gasteiger partial charge in [0.25, 0.3) is 0 Å². The van der Waals surface area contributed by atoms with E-state index in [9.17, 15) is 5.11 Å². The van der Waals surface area contributed by atoms with Crippen molar-refractivity contribution in [1.82, 2.24) is 10.3 Å². The quantitative estimate of drug-likeness (QED) is 0.852. The smallest absolute Gasteiger partial charge is 0.0914 e. The van der Waals surface area contributed by atoms with Crippen LogP contribution < -0.4 is 5.32 Å². The van der Waals surface area contributed by atoms with E-state index in [4.69, 9.17) is 0 Å². The van der Waals surface area contributed by atoms with E-state index in [1.54, 1.807) is 6.20 Å². The Labute approximate surface area is 127 Å². The van der Waals surface area contributed by atoms with E-state index in [1.807, 2.05) is 30.3 Å². The molecule has 0 aliphatic carbocycles. The number of rotatable bonds is 6. The van der Waals surface area contributed by atoms with Gasteiger partial charge in [0.2, 0.25) is 0 Å². The van der Waals surface area contributed by atoms with Gasteiger partial charge in [-0.2, -0.15) is 0 Å². The van der Waals surface area contributed by atoms with Crippen molar-refractivity contribution in [3.05, 3.63) is 65.5 Å². The first-order chi connectivity index (χ1) is 10.1. The van der Waals surface area contributed by atoms with Crippen LogP contribution in [0.1, 0.15) is 55.7 Å². The number of nitrogens with one attached hydrogen (secondary N) is 1. The predicted molar refractivity (Wildman–Crippen MR) is 86.1 cm³/mol. The maximum absolute atomic E-state index is 10.3. The zero-order valence-electron chi connectivity index (χ0n) is 13.0. The zero-order valence-corrected chi connectivity index (χ0v) is 13.0. The monoisotopic (exact) mass is 284 g/mol. The minimum atomic E-state index is -0.502. The molecule has 0 spiro atoms. The maximum Gasteiger partial charge on any atom is 0.0914 e. The minimum Gasteiger partial charge on any atom is -0.387 e. The average Bonchev–Trinajstić information content (AvgIpc) is 2.53. The average molecular weight is 284 g/mol. The van der Waals surface area contributed by atoms with Gasteiger partial charge >= 0.3 is 0 Å². The fraction of sp³-hybridized carbons (Fsp3) is 0.389. The number of hydrogen-bond donors (Lipinski definition) is 2. The molecule has 2 rings (SSSR count). The molecule has 3 heteroatoms. The summed E-state index contributed by atoms with van der Waals surface area (Å²) in [6.45, 7) is 6.90. The lowest BCUT2D eigenvalue weighted by Crippen LogP contribution is -2.25. The van der Waals surface area contributed by atoms with Gasteiger partial charge in [-0.05, 0) is 36.1 Å². The van der Waals surface area contributed by atoms with E-state index in [2.05, 4.69) is 43.2 Å². The Morgan fingerprint density at radius 3 is 2.24 bits per heavy atom. The van der Waals surface area contributed by atoms with Gasteiger partial charge in [-0.15, -0.1) is 0 Å². The Hall–Kier alpha value is -1.71. The van der Waals surface area contributed by atoms with Crippen LogP contribution in [0, 0.1) is 0 Å². The fourth-order valence-electron chi connectivity index (χ4n) is 2.25. The highest BCUT2D eigenvalue weighted by Crippen LogP contribution is 2.19. The molecule has 1 unspecified atom stereocenters. The third-order valence-electron chi connectivity index (χ3n) is 3.74. The second-order valence-electron chi connectivity index (χ2n) is 5.72. The highest BCUT2D eigenvalue weighted by atomic mass is 16.3. The Morgan fingerprint density at radius 1 is 1.00 bits per heavy atom. The van der Waals surface area contributed by atoms with Crippen LogP contribution >= 0.6 is 0 Å². The summed E-state index contributed by atoms with van der Waals surface area (Å²) in [5, 5.41) is 13.6. The van der Waals surface area contributed by atoms with Crippen molar-refractivity contribution in [2.75, 3.05) is 6.54 Å². The van der Waals surface area contributed by atoms with Crippen LogP contribution in [0.3, 0.4) is 0 Å². The topological polar surface area (TPSA) is 45.1 Å². The summed E-state index contributed by atoms with van der Waals surface area (Å²) < 4.78 is 0. The Bertz CT molecular complexity index is 537. The van der Waals surface area contributed by atoms with Gasteiger partial charge in [-0.3, -0.25) is 4.98 Å².